The van der Waals surface area contributed by atoms with Crippen molar-refractivity contribution in [3.63, 3.8) is 0 Å². The van der Waals surface area contributed by atoms with Crippen LogP contribution in [0.1, 0.15) is 33.6 Å². The Morgan fingerprint density at radius 1 is 1.00 bits per heavy atom. The van der Waals surface area contributed by atoms with Crippen LogP contribution in [0.15, 0.2) is 0 Å². The van der Waals surface area contributed by atoms with Gasteiger partial charge < -0.3 is 14.6 Å². The molecule has 2 N–H and O–H groups in total. The highest BCUT2D eigenvalue weighted by atomic mass is 28.4. The Bertz CT molecular complexity index is 127. The molecule has 3 nitrogen and oxygen atoms in total. The molecule has 0 aromatic heterocycles. The fraction of sp³-hybridized carbons (Fsp3) is 1.00. The fourth-order valence-electron chi connectivity index (χ4n) is 1.63. The first kappa shape index (κ1) is 14.1. The van der Waals surface area contributed by atoms with E-state index in [-0.39, 0.29) is 0 Å². The molecule has 0 saturated heterocycles. The van der Waals surface area contributed by atoms with E-state index in [0.29, 0.717) is 0 Å². The maximum absolute atomic E-state index is 5.84. The van der Waals surface area contributed by atoms with Gasteiger partial charge in [-0.1, -0.05) is 13.3 Å². The number of hydrogen-bond acceptors (Lipinski definition) is 3. The second-order valence-electron chi connectivity index (χ2n) is 3.38. The van der Waals surface area contributed by atoms with Gasteiger partial charge in [-0.15, -0.1) is 0 Å². The zero-order valence-electron chi connectivity index (χ0n) is 9.84. The molecule has 0 unspecified atom stereocenters. The minimum absolute atomic E-state index is 0.767. The van der Waals surface area contributed by atoms with Crippen LogP contribution in [0.2, 0.25) is 12.1 Å². The maximum Gasteiger partial charge on any atom is 0.337 e. The SMILES string of the molecule is CCO[Si](CC)(CCCCN)OCC. The predicted octanol–water partition coefficient (Wildman–Crippen LogP) is 2.26. The zero-order valence-corrected chi connectivity index (χ0v) is 10.8. The van der Waals surface area contributed by atoms with Gasteiger partial charge in [0.25, 0.3) is 0 Å². The molecule has 0 aliphatic carbocycles. The molecule has 0 saturated carbocycles. The van der Waals surface area contributed by atoms with Gasteiger partial charge >= 0.3 is 8.56 Å². The molecular formula is C10H25NO2Si. The molecule has 0 aromatic rings. The van der Waals surface area contributed by atoms with Crippen LogP contribution in [-0.4, -0.2) is 28.3 Å². The first-order valence-electron chi connectivity index (χ1n) is 5.72. The Morgan fingerprint density at radius 2 is 1.57 bits per heavy atom. The standard InChI is InChI=1S/C10H25NO2Si/c1-4-12-14(6-3,13-5-2)10-8-7-9-11/h4-11H2,1-3H3. The summed E-state index contributed by atoms with van der Waals surface area (Å²) < 4.78 is 11.7. The second-order valence-corrected chi connectivity index (χ2v) is 6.98. The molecule has 0 amide bonds. The van der Waals surface area contributed by atoms with Crippen LogP contribution < -0.4 is 5.73 Å². The van der Waals surface area contributed by atoms with Gasteiger partial charge in [0, 0.05) is 13.2 Å². The molecule has 0 heterocycles. The fourth-order valence-corrected chi connectivity index (χ4v) is 4.61. The molecule has 0 fully saturated rings. The van der Waals surface area contributed by atoms with Crippen molar-refractivity contribution in [2.45, 2.75) is 45.7 Å². The lowest BCUT2D eigenvalue weighted by atomic mass is 10.3. The van der Waals surface area contributed by atoms with Gasteiger partial charge in [-0.3, -0.25) is 0 Å². The molecule has 0 aliphatic heterocycles. The van der Waals surface area contributed by atoms with Crippen LogP contribution in [0.5, 0.6) is 0 Å². The molecule has 0 aromatic carbocycles. The first-order valence-corrected chi connectivity index (χ1v) is 7.95. The first-order chi connectivity index (χ1) is 6.74. The van der Waals surface area contributed by atoms with E-state index in [1.807, 2.05) is 13.8 Å². The smallest absolute Gasteiger partial charge is 0.337 e. The summed E-state index contributed by atoms with van der Waals surface area (Å²) in [4.78, 5) is 0. The average Bonchev–Trinajstić information content (AvgIpc) is 2.19. The molecule has 4 heteroatoms. The Labute approximate surface area is 89.2 Å². The molecule has 0 spiro atoms. The van der Waals surface area contributed by atoms with Gasteiger partial charge in [-0.05, 0) is 38.9 Å². The molecule has 0 bridgehead atoms. The Morgan fingerprint density at radius 3 is 1.93 bits per heavy atom. The molecule has 0 atom stereocenters. The van der Waals surface area contributed by atoms with Crippen LogP contribution in [0.3, 0.4) is 0 Å². The van der Waals surface area contributed by atoms with Crippen molar-refractivity contribution in [1.82, 2.24) is 0 Å². The van der Waals surface area contributed by atoms with Gasteiger partial charge in [0.2, 0.25) is 0 Å². The van der Waals surface area contributed by atoms with Crippen LogP contribution >= 0.6 is 0 Å². The minimum atomic E-state index is -1.86. The van der Waals surface area contributed by atoms with Crippen molar-refractivity contribution in [3.8, 4) is 0 Å². The number of unbranched alkanes of at least 4 members (excludes halogenated alkanes) is 1. The monoisotopic (exact) mass is 219 g/mol. The lowest BCUT2D eigenvalue weighted by Crippen LogP contribution is -2.41. The number of nitrogens with two attached hydrogens (primary N) is 1. The van der Waals surface area contributed by atoms with Crippen molar-refractivity contribution < 1.29 is 8.85 Å². The highest BCUT2D eigenvalue weighted by Crippen LogP contribution is 2.21. The van der Waals surface area contributed by atoms with E-state index < -0.39 is 8.56 Å². The van der Waals surface area contributed by atoms with E-state index >= 15 is 0 Å². The van der Waals surface area contributed by atoms with Gasteiger partial charge in [-0.25, -0.2) is 0 Å². The van der Waals surface area contributed by atoms with Crippen molar-refractivity contribution in [3.05, 3.63) is 0 Å². The summed E-state index contributed by atoms with van der Waals surface area (Å²) in [6.07, 6.45) is 2.21. The minimum Gasteiger partial charge on any atom is -0.394 e. The lowest BCUT2D eigenvalue weighted by molar-refractivity contribution is 0.182. The highest BCUT2D eigenvalue weighted by Gasteiger charge is 2.33. The van der Waals surface area contributed by atoms with E-state index in [0.717, 1.165) is 44.7 Å². The van der Waals surface area contributed by atoms with E-state index in [1.54, 1.807) is 0 Å². The normalized spacial score (nSPS) is 12.0. The van der Waals surface area contributed by atoms with Gasteiger partial charge in [0.15, 0.2) is 0 Å². The Balaban J connectivity index is 4.03. The third kappa shape index (κ3) is 5.10. The van der Waals surface area contributed by atoms with Crippen LogP contribution in [0.25, 0.3) is 0 Å². The van der Waals surface area contributed by atoms with Crippen LogP contribution in [0.4, 0.5) is 0 Å². The Hall–Kier alpha value is 0.0969. The Kier molecular flexibility index (Phi) is 8.47. The predicted molar refractivity (Wildman–Crippen MR) is 62.6 cm³/mol. The van der Waals surface area contributed by atoms with Gasteiger partial charge in [0.1, 0.15) is 0 Å². The summed E-state index contributed by atoms with van der Waals surface area (Å²) in [5, 5.41) is 0. The summed E-state index contributed by atoms with van der Waals surface area (Å²) in [5.74, 6) is 0. The van der Waals surface area contributed by atoms with Crippen molar-refractivity contribution in [2.24, 2.45) is 5.73 Å². The molecule has 14 heavy (non-hydrogen) atoms. The van der Waals surface area contributed by atoms with E-state index in [2.05, 4.69) is 6.92 Å². The highest BCUT2D eigenvalue weighted by molar-refractivity contribution is 6.67. The summed E-state index contributed by atoms with van der Waals surface area (Å²) in [5.41, 5.74) is 5.48. The summed E-state index contributed by atoms with van der Waals surface area (Å²) in [6.45, 7) is 8.55. The topological polar surface area (TPSA) is 44.5 Å². The summed E-state index contributed by atoms with van der Waals surface area (Å²) in [6, 6.07) is 2.13. The molecule has 0 rings (SSSR count). The molecule has 86 valence electrons. The average molecular weight is 219 g/mol. The molecule has 0 radical (unpaired) electrons. The maximum atomic E-state index is 5.84. The molecular weight excluding hydrogens is 194 g/mol. The second kappa shape index (κ2) is 8.41. The van der Waals surface area contributed by atoms with E-state index in [4.69, 9.17) is 14.6 Å². The number of hydrogen-bond donors (Lipinski definition) is 1. The molecule has 0 aliphatic rings. The van der Waals surface area contributed by atoms with Crippen LogP contribution in [-0.2, 0) is 8.85 Å². The van der Waals surface area contributed by atoms with Crippen molar-refractivity contribution in [2.75, 3.05) is 19.8 Å². The quantitative estimate of drug-likeness (QED) is 0.478. The third-order valence-corrected chi connectivity index (χ3v) is 6.19. The summed E-state index contributed by atoms with van der Waals surface area (Å²) in [7, 11) is -1.86. The van der Waals surface area contributed by atoms with Crippen LogP contribution in [0, 0.1) is 0 Å². The third-order valence-electron chi connectivity index (χ3n) is 2.37. The van der Waals surface area contributed by atoms with Gasteiger partial charge in [0.05, 0.1) is 0 Å². The number of rotatable bonds is 9. The summed E-state index contributed by atoms with van der Waals surface area (Å²) >= 11 is 0. The lowest BCUT2D eigenvalue weighted by Gasteiger charge is -2.28. The van der Waals surface area contributed by atoms with E-state index in [1.165, 1.54) is 0 Å². The zero-order chi connectivity index (χ0) is 10.9. The van der Waals surface area contributed by atoms with E-state index in [9.17, 15) is 0 Å². The van der Waals surface area contributed by atoms with Gasteiger partial charge in [-0.2, -0.15) is 0 Å². The van der Waals surface area contributed by atoms with Crippen molar-refractivity contribution >= 4 is 8.56 Å². The van der Waals surface area contributed by atoms with Crippen molar-refractivity contribution in [1.29, 1.82) is 0 Å². The largest absolute Gasteiger partial charge is 0.394 e.